The zero-order valence-electron chi connectivity index (χ0n) is 11.9. The first-order valence-corrected chi connectivity index (χ1v) is 7.88. The minimum Gasteiger partial charge on any atom is -0.339 e. The molecule has 20 heavy (non-hydrogen) atoms. The number of rotatable bonds is 4. The third kappa shape index (κ3) is 2.47. The summed E-state index contributed by atoms with van der Waals surface area (Å²) in [5, 5.41) is 7.64. The molecule has 0 radical (unpaired) electrons. The van der Waals surface area contributed by atoms with Gasteiger partial charge < -0.3 is 9.84 Å². The van der Waals surface area contributed by atoms with Crippen molar-refractivity contribution in [2.24, 2.45) is 5.92 Å². The van der Waals surface area contributed by atoms with Gasteiger partial charge in [-0.15, -0.1) is 0 Å². The number of aryl methyl sites for hydroxylation is 1. The lowest BCUT2D eigenvalue weighted by Gasteiger charge is -2.46. The number of fused-ring (bicyclic) bond motifs is 3. The summed E-state index contributed by atoms with van der Waals surface area (Å²) < 4.78 is 5.46. The molecule has 1 aromatic rings. The lowest BCUT2D eigenvalue weighted by atomic mass is 10.0. The molecule has 0 spiro atoms. The van der Waals surface area contributed by atoms with Crippen molar-refractivity contribution in [1.82, 2.24) is 25.3 Å². The first-order chi connectivity index (χ1) is 9.88. The zero-order valence-corrected chi connectivity index (χ0v) is 11.9. The third-order valence-electron chi connectivity index (χ3n) is 4.99. The first-order valence-electron chi connectivity index (χ1n) is 7.88. The van der Waals surface area contributed by atoms with Gasteiger partial charge in [-0.3, -0.25) is 9.80 Å². The first kappa shape index (κ1) is 12.7. The van der Waals surface area contributed by atoms with Crippen LogP contribution in [0.3, 0.4) is 0 Å². The van der Waals surface area contributed by atoms with E-state index >= 15 is 0 Å². The number of nitrogens with zero attached hydrogens (tertiary/aromatic N) is 4. The van der Waals surface area contributed by atoms with E-state index in [1.165, 1.54) is 19.5 Å². The molecule has 4 fully saturated rings. The lowest BCUT2D eigenvalue weighted by Crippen LogP contribution is -2.57. The molecular formula is C14H23N5O. The van der Waals surface area contributed by atoms with Crippen molar-refractivity contribution in [3.8, 4) is 0 Å². The molecule has 0 amide bonds. The quantitative estimate of drug-likeness (QED) is 0.853. The van der Waals surface area contributed by atoms with Crippen LogP contribution in [-0.2, 0) is 6.42 Å². The molecule has 0 aromatic carbocycles. The van der Waals surface area contributed by atoms with E-state index in [4.69, 9.17) is 4.52 Å². The SMILES string of the molecule is C1CC(CCc2nc(C3CN4CCN3CC4)no2)CN1. The summed E-state index contributed by atoms with van der Waals surface area (Å²) in [6.45, 7) is 8.03. The van der Waals surface area contributed by atoms with Gasteiger partial charge in [-0.05, 0) is 31.8 Å². The van der Waals surface area contributed by atoms with E-state index in [0.717, 1.165) is 63.2 Å². The normalized spacial score (nSPS) is 36.6. The molecule has 110 valence electrons. The molecule has 0 aliphatic carbocycles. The Kier molecular flexibility index (Phi) is 3.45. The highest BCUT2D eigenvalue weighted by molar-refractivity contribution is 5.01. The van der Waals surface area contributed by atoms with E-state index < -0.39 is 0 Å². The Morgan fingerprint density at radius 1 is 1.25 bits per heavy atom. The lowest BCUT2D eigenvalue weighted by molar-refractivity contribution is 0.00781. The molecule has 0 saturated carbocycles. The number of nitrogens with one attached hydrogen (secondary N) is 1. The van der Waals surface area contributed by atoms with Gasteiger partial charge in [0, 0.05) is 39.1 Å². The van der Waals surface area contributed by atoms with Crippen molar-refractivity contribution in [2.75, 3.05) is 45.8 Å². The largest absolute Gasteiger partial charge is 0.339 e. The highest BCUT2D eigenvalue weighted by Gasteiger charge is 2.35. The Labute approximate surface area is 119 Å². The van der Waals surface area contributed by atoms with E-state index in [1.807, 2.05) is 0 Å². The van der Waals surface area contributed by atoms with Crippen LogP contribution in [0, 0.1) is 5.92 Å². The second kappa shape index (κ2) is 5.42. The number of hydrogen-bond acceptors (Lipinski definition) is 6. The second-order valence-electron chi connectivity index (χ2n) is 6.30. The summed E-state index contributed by atoms with van der Waals surface area (Å²) in [6, 6.07) is 0.350. The molecule has 1 aromatic heterocycles. The predicted octanol–water partition coefficient (Wildman–Crippen LogP) is 0.284. The van der Waals surface area contributed by atoms with Crippen molar-refractivity contribution in [3.05, 3.63) is 11.7 Å². The van der Waals surface area contributed by atoms with E-state index in [1.54, 1.807) is 0 Å². The van der Waals surface area contributed by atoms with E-state index in [-0.39, 0.29) is 0 Å². The summed E-state index contributed by atoms with van der Waals surface area (Å²) in [7, 11) is 0. The maximum absolute atomic E-state index is 5.46. The number of aromatic nitrogens is 2. The van der Waals surface area contributed by atoms with E-state index in [2.05, 4.69) is 25.3 Å². The average Bonchev–Trinajstić information content (AvgIpc) is 3.18. The molecule has 6 heteroatoms. The molecule has 4 aliphatic heterocycles. The molecule has 1 N–H and O–H groups in total. The predicted molar refractivity (Wildman–Crippen MR) is 74.3 cm³/mol. The van der Waals surface area contributed by atoms with Crippen molar-refractivity contribution in [3.63, 3.8) is 0 Å². The van der Waals surface area contributed by atoms with Gasteiger partial charge in [0.2, 0.25) is 5.89 Å². The van der Waals surface area contributed by atoms with Gasteiger partial charge in [0.15, 0.2) is 5.82 Å². The maximum Gasteiger partial charge on any atom is 0.226 e. The highest BCUT2D eigenvalue weighted by atomic mass is 16.5. The van der Waals surface area contributed by atoms with Crippen LogP contribution in [0.15, 0.2) is 4.52 Å². The summed E-state index contributed by atoms with van der Waals surface area (Å²) in [4.78, 5) is 9.65. The summed E-state index contributed by atoms with van der Waals surface area (Å²) >= 11 is 0. The molecule has 4 aliphatic rings. The summed E-state index contributed by atoms with van der Waals surface area (Å²) in [5.41, 5.74) is 0. The molecule has 5 rings (SSSR count). The molecule has 6 nitrogen and oxygen atoms in total. The van der Waals surface area contributed by atoms with Crippen LogP contribution in [0.25, 0.3) is 0 Å². The van der Waals surface area contributed by atoms with Crippen LogP contribution >= 0.6 is 0 Å². The van der Waals surface area contributed by atoms with Crippen molar-refractivity contribution in [2.45, 2.75) is 25.3 Å². The van der Waals surface area contributed by atoms with Crippen LogP contribution in [0.5, 0.6) is 0 Å². The summed E-state index contributed by atoms with van der Waals surface area (Å²) in [6.07, 6.45) is 3.37. The molecule has 2 bridgehead atoms. The molecular weight excluding hydrogens is 254 g/mol. The minimum atomic E-state index is 0.350. The smallest absolute Gasteiger partial charge is 0.226 e. The van der Waals surface area contributed by atoms with Gasteiger partial charge in [0.1, 0.15) is 0 Å². The van der Waals surface area contributed by atoms with Gasteiger partial charge in [0.25, 0.3) is 0 Å². The number of hydrogen-bond donors (Lipinski definition) is 1. The van der Waals surface area contributed by atoms with Gasteiger partial charge in [0.05, 0.1) is 6.04 Å². The van der Waals surface area contributed by atoms with Crippen LogP contribution in [0.2, 0.25) is 0 Å². The van der Waals surface area contributed by atoms with Gasteiger partial charge in [-0.1, -0.05) is 5.16 Å². The topological polar surface area (TPSA) is 57.4 Å². The van der Waals surface area contributed by atoms with Crippen molar-refractivity contribution < 1.29 is 4.52 Å². The van der Waals surface area contributed by atoms with Gasteiger partial charge >= 0.3 is 0 Å². The average molecular weight is 277 g/mol. The van der Waals surface area contributed by atoms with Crippen molar-refractivity contribution >= 4 is 0 Å². The molecule has 2 atom stereocenters. The van der Waals surface area contributed by atoms with E-state index in [9.17, 15) is 0 Å². The fourth-order valence-electron chi connectivity index (χ4n) is 3.66. The fraction of sp³-hybridized carbons (Fsp3) is 0.857. The fourth-order valence-corrected chi connectivity index (χ4v) is 3.66. The van der Waals surface area contributed by atoms with Gasteiger partial charge in [-0.2, -0.15) is 4.98 Å². The monoisotopic (exact) mass is 277 g/mol. The Morgan fingerprint density at radius 2 is 2.15 bits per heavy atom. The van der Waals surface area contributed by atoms with Crippen LogP contribution in [0.4, 0.5) is 0 Å². The molecule has 5 heterocycles. The Hall–Kier alpha value is -0.980. The van der Waals surface area contributed by atoms with Crippen LogP contribution in [-0.4, -0.2) is 65.8 Å². The minimum absolute atomic E-state index is 0.350. The van der Waals surface area contributed by atoms with Gasteiger partial charge in [-0.25, -0.2) is 0 Å². The Morgan fingerprint density at radius 3 is 2.85 bits per heavy atom. The van der Waals surface area contributed by atoms with Crippen LogP contribution < -0.4 is 5.32 Å². The molecule has 2 unspecified atom stereocenters. The van der Waals surface area contributed by atoms with Crippen molar-refractivity contribution in [1.29, 1.82) is 0 Å². The maximum atomic E-state index is 5.46. The Balaban J connectivity index is 1.37. The van der Waals surface area contributed by atoms with E-state index in [0.29, 0.717) is 6.04 Å². The zero-order chi connectivity index (χ0) is 13.4. The second-order valence-corrected chi connectivity index (χ2v) is 6.30. The standard InChI is InChI=1S/C14H23N5O/c1(11-3-4-15-9-11)2-13-16-14(17-20-13)12-10-18-5-7-19(12)8-6-18/h11-12,15H,1-10H2. The molecule has 4 saturated heterocycles. The Bertz CT molecular complexity index is 448. The highest BCUT2D eigenvalue weighted by Crippen LogP contribution is 2.27. The number of piperazine rings is 3. The van der Waals surface area contributed by atoms with Crippen LogP contribution in [0.1, 0.15) is 30.6 Å². The summed E-state index contributed by atoms with van der Waals surface area (Å²) in [5.74, 6) is 2.50. The third-order valence-corrected chi connectivity index (χ3v) is 4.99.